The molecule has 1 N–H and O–H groups in total. The van der Waals surface area contributed by atoms with Crippen LogP contribution in [0.1, 0.15) is 58.3 Å². The Kier molecular flexibility index (Phi) is 3.45. The van der Waals surface area contributed by atoms with E-state index >= 15 is 0 Å². The van der Waals surface area contributed by atoms with Crippen molar-refractivity contribution in [3.63, 3.8) is 0 Å². The number of carbonyl (C=O) groups excluding carboxylic acids is 1. The molecule has 0 amide bonds. The van der Waals surface area contributed by atoms with Gasteiger partial charge in [-0.25, -0.2) is 0 Å². The highest BCUT2D eigenvalue weighted by Crippen LogP contribution is 2.30. The van der Waals surface area contributed by atoms with Crippen LogP contribution in [0.15, 0.2) is 0 Å². The first-order chi connectivity index (χ1) is 7.21. The second-order valence-corrected chi connectivity index (χ2v) is 5.49. The zero-order valence-corrected chi connectivity index (χ0v) is 9.85. The molecular formula is C13H23NO. The fourth-order valence-corrected chi connectivity index (χ4v) is 3.01. The van der Waals surface area contributed by atoms with Crippen molar-refractivity contribution < 1.29 is 4.79 Å². The van der Waals surface area contributed by atoms with Crippen molar-refractivity contribution in [2.75, 3.05) is 6.54 Å². The third-order valence-electron chi connectivity index (χ3n) is 4.18. The molecule has 0 spiro atoms. The minimum atomic E-state index is -0.183. The lowest BCUT2D eigenvalue weighted by Gasteiger charge is -2.27. The maximum absolute atomic E-state index is 12.2. The Bertz CT molecular complexity index is 225. The van der Waals surface area contributed by atoms with Crippen LogP contribution in [0.25, 0.3) is 0 Å². The molecule has 0 aromatic rings. The lowest BCUT2D eigenvalue weighted by Crippen LogP contribution is -2.45. The average molecular weight is 209 g/mol. The first kappa shape index (κ1) is 11.1. The molecule has 1 aliphatic carbocycles. The van der Waals surface area contributed by atoms with Crippen LogP contribution in [0.2, 0.25) is 0 Å². The van der Waals surface area contributed by atoms with Gasteiger partial charge in [-0.15, -0.1) is 0 Å². The van der Waals surface area contributed by atoms with E-state index in [4.69, 9.17) is 0 Å². The third kappa shape index (κ3) is 2.60. The quantitative estimate of drug-likeness (QED) is 0.774. The Hall–Kier alpha value is -0.370. The third-order valence-corrected chi connectivity index (χ3v) is 4.18. The smallest absolute Gasteiger partial charge is 0.152 e. The molecule has 2 heteroatoms. The van der Waals surface area contributed by atoms with Crippen molar-refractivity contribution in [2.45, 2.75) is 63.8 Å². The average Bonchev–Trinajstić information content (AvgIpc) is 2.68. The van der Waals surface area contributed by atoms with Crippen LogP contribution >= 0.6 is 0 Å². The standard InChI is InChI=1S/C13H23NO/c1-13(8-5-9-14-13)12(15)10-11-6-3-2-4-7-11/h11,14H,2-10H2,1H3. The molecule has 1 heterocycles. The van der Waals surface area contributed by atoms with Gasteiger partial charge in [0.25, 0.3) is 0 Å². The van der Waals surface area contributed by atoms with Crippen LogP contribution in [-0.4, -0.2) is 17.9 Å². The minimum Gasteiger partial charge on any atom is -0.305 e. The number of hydrogen-bond acceptors (Lipinski definition) is 2. The van der Waals surface area contributed by atoms with Gasteiger partial charge >= 0.3 is 0 Å². The van der Waals surface area contributed by atoms with Crippen LogP contribution in [0, 0.1) is 5.92 Å². The molecule has 0 aromatic heterocycles. The molecule has 1 saturated heterocycles. The van der Waals surface area contributed by atoms with Crippen molar-refractivity contribution >= 4 is 5.78 Å². The van der Waals surface area contributed by atoms with Crippen molar-refractivity contribution in [3.05, 3.63) is 0 Å². The lowest BCUT2D eigenvalue weighted by molar-refractivity contribution is -0.125. The van der Waals surface area contributed by atoms with E-state index in [1.165, 1.54) is 32.1 Å². The fraction of sp³-hybridized carbons (Fsp3) is 0.923. The summed E-state index contributed by atoms with van der Waals surface area (Å²) in [5, 5.41) is 3.37. The van der Waals surface area contributed by atoms with Gasteiger partial charge in [-0.1, -0.05) is 32.1 Å². The second-order valence-electron chi connectivity index (χ2n) is 5.49. The molecule has 2 fully saturated rings. The van der Waals surface area contributed by atoms with Crippen molar-refractivity contribution in [1.29, 1.82) is 0 Å². The summed E-state index contributed by atoms with van der Waals surface area (Å²) in [6, 6.07) is 0. The Balaban J connectivity index is 1.85. The molecular weight excluding hydrogens is 186 g/mol. The largest absolute Gasteiger partial charge is 0.305 e. The monoisotopic (exact) mass is 209 g/mol. The molecule has 1 aliphatic heterocycles. The Morgan fingerprint density at radius 3 is 2.60 bits per heavy atom. The van der Waals surface area contributed by atoms with E-state index in [0.717, 1.165) is 25.8 Å². The minimum absolute atomic E-state index is 0.183. The molecule has 86 valence electrons. The molecule has 2 aliphatic rings. The van der Waals surface area contributed by atoms with E-state index in [9.17, 15) is 4.79 Å². The van der Waals surface area contributed by atoms with E-state index in [1.807, 2.05) is 0 Å². The highest BCUT2D eigenvalue weighted by Gasteiger charge is 2.36. The first-order valence-corrected chi connectivity index (χ1v) is 6.49. The summed E-state index contributed by atoms with van der Waals surface area (Å²) in [5.74, 6) is 1.15. The Labute approximate surface area is 92.8 Å². The molecule has 1 atom stereocenters. The zero-order chi connectivity index (χ0) is 10.7. The van der Waals surface area contributed by atoms with Gasteiger partial charge in [-0.2, -0.15) is 0 Å². The Morgan fingerprint density at radius 1 is 1.27 bits per heavy atom. The highest BCUT2D eigenvalue weighted by molar-refractivity contribution is 5.88. The number of Topliss-reactive ketones (excluding diaryl/α,β-unsaturated/α-hetero) is 1. The van der Waals surface area contributed by atoms with Gasteiger partial charge in [0.1, 0.15) is 0 Å². The van der Waals surface area contributed by atoms with E-state index < -0.39 is 0 Å². The van der Waals surface area contributed by atoms with Gasteiger partial charge in [-0.05, 0) is 32.2 Å². The van der Waals surface area contributed by atoms with Gasteiger partial charge in [0, 0.05) is 6.42 Å². The number of ketones is 1. The summed E-state index contributed by atoms with van der Waals surface area (Å²) >= 11 is 0. The van der Waals surface area contributed by atoms with Crippen LogP contribution in [0.3, 0.4) is 0 Å². The number of hydrogen-bond donors (Lipinski definition) is 1. The van der Waals surface area contributed by atoms with Crippen molar-refractivity contribution in [2.24, 2.45) is 5.92 Å². The Morgan fingerprint density at radius 2 is 2.00 bits per heavy atom. The molecule has 1 saturated carbocycles. The van der Waals surface area contributed by atoms with Crippen LogP contribution in [0.5, 0.6) is 0 Å². The van der Waals surface area contributed by atoms with Crippen LogP contribution < -0.4 is 5.32 Å². The molecule has 2 nitrogen and oxygen atoms in total. The summed E-state index contributed by atoms with van der Waals surface area (Å²) in [7, 11) is 0. The molecule has 2 rings (SSSR count). The summed E-state index contributed by atoms with van der Waals surface area (Å²) in [6.45, 7) is 3.11. The second kappa shape index (κ2) is 4.65. The first-order valence-electron chi connectivity index (χ1n) is 6.49. The topological polar surface area (TPSA) is 29.1 Å². The maximum Gasteiger partial charge on any atom is 0.152 e. The van der Waals surface area contributed by atoms with Crippen LogP contribution in [0.4, 0.5) is 0 Å². The number of nitrogens with one attached hydrogen (secondary N) is 1. The summed E-state index contributed by atoms with van der Waals surface area (Å²) in [5.41, 5.74) is -0.183. The number of carbonyl (C=O) groups is 1. The van der Waals surface area contributed by atoms with Crippen molar-refractivity contribution in [3.8, 4) is 0 Å². The predicted molar refractivity (Wildman–Crippen MR) is 61.8 cm³/mol. The molecule has 0 bridgehead atoms. The summed E-state index contributed by atoms with van der Waals surface area (Å²) in [4.78, 5) is 12.2. The van der Waals surface area contributed by atoms with E-state index in [-0.39, 0.29) is 5.54 Å². The van der Waals surface area contributed by atoms with Gasteiger partial charge in [0.2, 0.25) is 0 Å². The van der Waals surface area contributed by atoms with E-state index in [1.54, 1.807) is 0 Å². The predicted octanol–water partition coefficient (Wildman–Crippen LogP) is 2.67. The van der Waals surface area contributed by atoms with Gasteiger partial charge in [-0.3, -0.25) is 4.79 Å². The maximum atomic E-state index is 12.2. The lowest BCUT2D eigenvalue weighted by atomic mass is 9.81. The van der Waals surface area contributed by atoms with Gasteiger partial charge in [0.15, 0.2) is 5.78 Å². The van der Waals surface area contributed by atoms with Crippen molar-refractivity contribution in [1.82, 2.24) is 5.32 Å². The van der Waals surface area contributed by atoms with E-state index in [0.29, 0.717) is 11.7 Å². The SMILES string of the molecule is CC1(C(=O)CC2CCCCC2)CCCN1. The molecule has 15 heavy (non-hydrogen) atoms. The highest BCUT2D eigenvalue weighted by atomic mass is 16.1. The molecule has 1 unspecified atom stereocenters. The number of rotatable bonds is 3. The van der Waals surface area contributed by atoms with E-state index in [2.05, 4.69) is 12.2 Å². The zero-order valence-electron chi connectivity index (χ0n) is 9.85. The summed E-state index contributed by atoms with van der Waals surface area (Å²) in [6.07, 6.45) is 9.63. The molecule has 0 radical (unpaired) electrons. The fourth-order valence-electron chi connectivity index (χ4n) is 3.01. The normalized spacial score (nSPS) is 33.1. The van der Waals surface area contributed by atoms with Crippen LogP contribution in [-0.2, 0) is 4.79 Å². The van der Waals surface area contributed by atoms with Gasteiger partial charge < -0.3 is 5.32 Å². The van der Waals surface area contributed by atoms with Gasteiger partial charge in [0.05, 0.1) is 5.54 Å². The summed E-state index contributed by atoms with van der Waals surface area (Å²) < 4.78 is 0. The molecule has 0 aromatic carbocycles.